The highest BCUT2D eigenvalue weighted by Crippen LogP contribution is 2.11. The van der Waals surface area contributed by atoms with Crippen LogP contribution in [0, 0.1) is 0 Å². The number of hydrogen-bond donors (Lipinski definition) is 2. The highest BCUT2D eigenvalue weighted by molar-refractivity contribution is 5.84. The molecule has 2 N–H and O–H groups in total. The zero-order valence-electron chi connectivity index (χ0n) is 12.0. The maximum absolute atomic E-state index is 10.7. The molecule has 0 saturated heterocycles. The standard InChI is InChI=1S/C16H19NO4/c1-2-20-11-13-6-4-3-5-12(13)9-17-10-14-7-8-15(21-14)16(18)19/h3-8,17H,2,9-11H2,1H3,(H,18,19). The van der Waals surface area contributed by atoms with Crippen molar-refractivity contribution in [1.82, 2.24) is 5.32 Å². The molecule has 21 heavy (non-hydrogen) atoms. The fourth-order valence-electron chi connectivity index (χ4n) is 1.99. The monoisotopic (exact) mass is 289 g/mol. The molecule has 1 heterocycles. The molecule has 0 aliphatic heterocycles. The summed E-state index contributed by atoms with van der Waals surface area (Å²) in [4.78, 5) is 10.7. The molecule has 0 aliphatic rings. The smallest absolute Gasteiger partial charge is 0.371 e. The van der Waals surface area contributed by atoms with E-state index in [1.54, 1.807) is 6.07 Å². The number of benzene rings is 1. The molecule has 0 aliphatic carbocycles. The van der Waals surface area contributed by atoms with E-state index in [2.05, 4.69) is 5.32 Å². The lowest BCUT2D eigenvalue weighted by Crippen LogP contribution is -2.14. The lowest BCUT2D eigenvalue weighted by molar-refractivity contribution is 0.0660. The summed E-state index contributed by atoms with van der Waals surface area (Å²) in [5.74, 6) is -0.485. The van der Waals surface area contributed by atoms with Crippen molar-refractivity contribution in [3.05, 3.63) is 59.0 Å². The van der Waals surface area contributed by atoms with Gasteiger partial charge in [0, 0.05) is 13.2 Å². The highest BCUT2D eigenvalue weighted by Gasteiger charge is 2.08. The summed E-state index contributed by atoms with van der Waals surface area (Å²) in [6.45, 7) is 4.41. The van der Waals surface area contributed by atoms with E-state index in [-0.39, 0.29) is 5.76 Å². The Kier molecular flexibility index (Phi) is 5.54. The fourth-order valence-corrected chi connectivity index (χ4v) is 1.99. The quantitative estimate of drug-likeness (QED) is 0.782. The van der Waals surface area contributed by atoms with E-state index in [0.717, 1.165) is 11.1 Å². The molecule has 0 unspecified atom stereocenters. The molecular formula is C16H19NO4. The Morgan fingerprint density at radius 3 is 2.62 bits per heavy atom. The Bertz CT molecular complexity index is 591. The van der Waals surface area contributed by atoms with Gasteiger partial charge in [0.15, 0.2) is 0 Å². The maximum Gasteiger partial charge on any atom is 0.371 e. The number of carbonyl (C=O) groups is 1. The number of aromatic carboxylic acids is 1. The second-order valence-electron chi connectivity index (χ2n) is 4.58. The van der Waals surface area contributed by atoms with Gasteiger partial charge >= 0.3 is 5.97 Å². The van der Waals surface area contributed by atoms with Gasteiger partial charge in [-0.15, -0.1) is 0 Å². The molecule has 2 aromatic rings. The van der Waals surface area contributed by atoms with Crippen LogP contribution in [0.25, 0.3) is 0 Å². The van der Waals surface area contributed by atoms with E-state index in [4.69, 9.17) is 14.3 Å². The van der Waals surface area contributed by atoms with Crippen molar-refractivity contribution in [2.75, 3.05) is 6.61 Å². The summed E-state index contributed by atoms with van der Waals surface area (Å²) in [6, 6.07) is 11.2. The lowest BCUT2D eigenvalue weighted by Gasteiger charge is -2.10. The molecule has 0 fully saturated rings. The van der Waals surface area contributed by atoms with Crippen molar-refractivity contribution < 1.29 is 19.1 Å². The largest absolute Gasteiger partial charge is 0.475 e. The zero-order chi connectivity index (χ0) is 15.1. The second kappa shape index (κ2) is 7.61. The summed E-state index contributed by atoms with van der Waals surface area (Å²) in [5, 5.41) is 12.0. The topological polar surface area (TPSA) is 71.7 Å². The Labute approximate surface area is 123 Å². The van der Waals surface area contributed by atoms with Gasteiger partial charge in [-0.1, -0.05) is 24.3 Å². The van der Waals surface area contributed by atoms with E-state index in [1.165, 1.54) is 6.07 Å². The van der Waals surface area contributed by atoms with Gasteiger partial charge in [0.1, 0.15) is 5.76 Å². The zero-order valence-corrected chi connectivity index (χ0v) is 12.0. The number of nitrogens with one attached hydrogen (secondary N) is 1. The van der Waals surface area contributed by atoms with Crippen LogP contribution in [0.15, 0.2) is 40.8 Å². The van der Waals surface area contributed by atoms with Crippen LogP contribution in [0.2, 0.25) is 0 Å². The Morgan fingerprint density at radius 1 is 1.19 bits per heavy atom. The molecule has 1 aromatic carbocycles. The molecule has 0 radical (unpaired) electrons. The van der Waals surface area contributed by atoms with Gasteiger partial charge in [-0.2, -0.15) is 0 Å². The average molecular weight is 289 g/mol. The van der Waals surface area contributed by atoms with Crippen molar-refractivity contribution in [3.63, 3.8) is 0 Å². The van der Waals surface area contributed by atoms with E-state index in [0.29, 0.717) is 32.1 Å². The van der Waals surface area contributed by atoms with E-state index >= 15 is 0 Å². The first-order valence-corrected chi connectivity index (χ1v) is 6.88. The van der Waals surface area contributed by atoms with Gasteiger partial charge < -0.3 is 19.6 Å². The molecule has 112 valence electrons. The molecule has 0 spiro atoms. The van der Waals surface area contributed by atoms with Gasteiger partial charge in [0.05, 0.1) is 13.2 Å². The first kappa shape index (κ1) is 15.3. The van der Waals surface area contributed by atoms with Crippen molar-refractivity contribution in [2.24, 2.45) is 0 Å². The fraction of sp³-hybridized carbons (Fsp3) is 0.312. The van der Waals surface area contributed by atoms with Crippen molar-refractivity contribution in [1.29, 1.82) is 0 Å². The summed E-state index contributed by atoms with van der Waals surface area (Å²) in [7, 11) is 0. The maximum atomic E-state index is 10.7. The number of carboxylic acids is 1. The van der Waals surface area contributed by atoms with Crippen LogP contribution in [0.4, 0.5) is 0 Å². The first-order valence-electron chi connectivity index (χ1n) is 6.88. The number of furan rings is 1. The SMILES string of the molecule is CCOCc1ccccc1CNCc1ccc(C(=O)O)o1. The van der Waals surface area contributed by atoms with Crippen LogP contribution in [0.5, 0.6) is 0 Å². The normalized spacial score (nSPS) is 10.7. The van der Waals surface area contributed by atoms with Crippen LogP contribution in [0.1, 0.15) is 34.4 Å². The molecule has 1 aromatic heterocycles. The van der Waals surface area contributed by atoms with Crippen molar-refractivity contribution in [3.8, 4) is 0 Å². The summed E-state index contributed by atoms with van der Waals surface area (Å²) >= 11 is 0. The van der Waals surface area contributed by atoms with Gasteiger partial charge in [-0.25, -0.2) is 4.79 Å². The Balaban J connectivity index is 1.89. The minimum Gasteiger partial charge on any atom is -0.475 e. The third kappa shape index (κ3) is 4.44. The highest BCUT2D eigenvalue weighted by atomic mass is 16.5. The lowest BCUT2D eigenvalue weighted by atomic mass is 10.1. The Hall–Kier alpha value is -2.11. The molecule has 5 heteroatoms. The Morgan fingerprint density at radius 2 is 1.95 bits per heavy atom. The van der Waals surface area contributed by atoms with Gasteiger partial charge in [0.2, 0.25) is 5.76 Å². The molecule has 0 amide bonds. The average Bonchev–Trinajstić information content (AvgIpc) is 2.95. The van der Waals surface area contributed by atoms with Crippen LogP contribution >= 0.6 is 0 Å². The van der Waals surface area contributed by atoms with Gasteiger partial charge in [-0.3, -0.25) is 0 Å². The minimum absolute atomic E-state index is 0.0384. The van der Waals surface area contributed by atoms with Crippen LogP contribution in [-0.2, 0) is 24.4 Å². The number of ether oxygens (including phenoxy) is 1. The van der Waals surface area contributed by atoms with Gasteiger partial charge in [-0.05, 0) is 30.2 Å². The minimum atomic E-state index is -1.05. The summed E-state index contributed by atoms with van der Waals surface area (Å²) in [6.07, 6.45) is 0. The number of hydrogen-bond acceptors (Lipinski definition) is 4. The third-order valence-corrected chi connectivity index (χ3v) is 3.07. The molecule has 0 atom stereocenters. The predicted molar refractivity (Wildman–Crippen MR) is 78.0 cm³/mol. The van der Waals surface area contributed by atoms with E-state index in [1.807, 2.05) is 31.2 Å². The van der Waals surface area contributed by atoms with E-state index in [9.17, 15) is 4.79 Å². The van der Waals surface area contributed by atoms with E-state index < -0.39 is 5.97 Å². The summed E-state index contributed by atoms with van der Waals surface area (Å²) < 4.78 is 10.6. The van der Waals surface area contributed by atoms with Crippen molar-refractivity contribution in [2.45, 2.75) is 26.6 Å². The molecule has 0 saturated carbocycles. The second-order valence-corrected chi connectivity index (χ2v) is 4.58. The predicted octanol–water partition coefficient (Wildman–Crippen LogP) is 2.80. The van der Waals surface area contributed by atoms with Crippen LogP contribution in [-0.4, -0.2) is 17.7 Å². The molecule has 5 nitrogen and oxygen atoms in total. The summed E-state index contributed by atoms with van der Waals surface area (Å²) in [5.41, 5.74) is 2.31. The first-order chi connectivity index (χ1) is 10.2. The van der Waals surface area contributed by atoms with Crippen LogP contribution < -0.4 is 5.32 Å². The molecule has 0 bridgehead atoms. The third-order valence-electron chi connectivity index (χ3n) is 3.07. The van der Waals surface area contributed by atoms with Gasteiger partial charge in [0.25, 0.3) is 0 Å². The number of rotatable bonds is 8. The molecular weight excluding hydrogens is 270 g/mol. The van der Waals surface area contributed by atoms with Crippen molar-refractivity contribution >= 4 is 5.97 Å². The molecule has 2 rings (SSSR count). The van der Waals surface area contributed by atoms with Crippen LogP contribution in [0.3, 0.4) is 0 Å². The number of carboxylic acid groups (broad SMARTS) is 1.